The van der Waals surface area contributed by atoms with Gasteiger partial charge >= 0.3 is 6.03 Å². The topological polar surface area (TPSA) is 68.8 Å². The summed E-state index contributed by atoms with van der Waals surface area (Å²) < 4.78 is 15.8. The summed E-state index contributed by atoms with van der Waals surface area (Å²) in [6.45, 7) is 1.93. The second-order valence-corrected chi connectivity index (χ2v) is 4.81. The van der Waals surface area contributed by atoms with E-state index in [-0.39, 0.29) is 6.03 Å². The van der Waals surface area contributed by atoms with Gasteiger partial charge in [0.25, 0.3) is 0 Å². The number of para-hydroxylation sites is 1. The number of benzene rings is 2. The van der Waals surface area contributed by atoms with Gasteiger partial charge in [-0.15, -0.1) is 0 Å². The SMILES string of the molecule is COc1cc(NC(=O)Nc2ccccc2C)cc(OC)c1OC. The standard InChI is InChI=1S/C17H20N2O4/c1-11-7-5-6-8-13(11)19-17(20)18-12-9-14(21-2)16(23-4)15(10-12)22-3/h5-10H,1-4H3,(H2,18,19,20). The van der Waals surface area contributed by atoms with E-state index in [0.29, 0.717) is 22.9 Å². The molecule has 122 valence electrons. The van der Waals surface area contributed by atoms with Crippen LogP contribution in [0.15, 0.2) is 36.4 Å². The predicted molar refractivity (Wildman–Crippen MR) is 89.9 cm³/mol. The normalized spacial score (nSPS) is 9.91. The third-order valence-corrected chi connectivity index (χ3v) is 3.32. The van der Waals surface area contributed by atoms with Crippen molar-refractivity contribution in [3.05, 3.63) is 42.0 Å². The van der Waals surface area contributed by atoms with Crippen molar-refractivity contribution in [3.8, 4) is 17.2 Å². The minimum atomic E-state index is -0.353. The Labute approximate surface area is 135 Å². The van der Waals surface area contributed by atoms with Crippen molar-refractivity contribution < 1.29 is 19.0 Å². The maximum atomic E-state index is 12.2. The summed E-state index contributed by atoms with van der Waals surface area (Å²) in [5.41, 5.74) is 2.26. The number of anilines is 2. The lowest BCUT2D eigenvalue weighted by Gasteiger charge is -2.15. The van der Waals surface area contributed by atoms with Crippen LogP contribution in [-0.2, 0) is 0 Å². The molecule has 2 aromatic rings. The Kier molecular flexibility index (Phi) is 5.30. The van der Waals surface area contributed by atoms with Crippen LogP contribution in [0.2, 0.25) is 0 Å². The first-order chi connectivity index (χ1) is 11.1. The summed E-state index contributed by atoms with van der Waals surface area (Å²) in [7, 11) is 4.57. The molecule has 0 spiro atoms. The second-order valence-electron chi connectivity index (χ2n) is 4.81. The van der Waals surface area contributed by atoms with E-state index in [1.54, 1.807) is 12.1 Å². The molecule has 0 aliphatic heterocycles. The van der Waals surface area contributed by atoms with Crippen LogP contribution in [0.3, 0.4) is 0 Å². The lowest BCUT2D eigenvalue weighted by atomic mass is 10.2. The number of aryl methyl sites for hydroxylation is 1. The fourth-order valence-corrected chi connectivity index (χ4v) is 2.15. The van der Waals surface area contributed by atoms with Gasteiger partial charge in [0.2, 0.25) is 5.75 Å². The molecule has 0 heterocycles. The maximum absolute atomic E-state index is 12.2. The molecule has 0 aromatic heterocycles. The number of urea groups is 1. The van der Waals surface area contributed by atoms with Crippen LogP contribution in [0.25, 0.3) is 0 Å². The maximum Gasteiger partial charge on any atom is 0.323 e. The summed E-state index contributed by atoms with van der Waals surface area (Å²) in [6, 6.07) is 10.5. The number of amides is 2. The molecule has 2 aromatic carbocycles. The molecule has 0 aliphatic carbocycles. The number of carbonyl (C=O) groups is 1. The highest BCUT2D eigenvalue weighted by Gasteiger charge is 2.14. The van der Waals surface area contributed by atoms with Crippen molar-refractivity contribution >= 4 is 17.4 Å². The van der Waals surface area contributed by atoms with Crippen molar-refractivity contribution in [3.63, 3.8) is 0 Å². The number of carbonyl (C=O) groups excluding carboxylic acids is 1. The van der Waals surface area contributed by atoms with E-state index in [2.05, 4.69) is 10.6 Å². The van der Waals surface area contributed by atoms with Crippen molar-refractivity contribution in [2.24, 2.45) is 0 Å². The lowest BCUT2D eigenvalue weighted by molar-refractivity contribution is 0.262. The Morgan fingerprint density at radius 3 is 2.04 bits per heavy atom. The van der Waals surface area contributed by atoms with Crippen LogP contribution >= 0.6 is 0 Å². The van der Waals surface area contributed by atoms with Crippen LogP contribution in [0, 0.1) is 6.92 Å². The number of nitrogens with one attached hydrogen (secondary N) is 2. The van der Waals surface area contributed by atoms with Crippen LogP contribution in [0.1, 0.15) is 5.56 Å². The fourth-order valence-electron chi connectivity index (χ4n) is 2.15. The van der Waals surface area contributed by atoms with E-state index in [9.17, 15) is 4.79 Å². The number of rotatable bonds is 5. The summed E-state index contributed by atoms with van der Waals surface area (Å²) >= 11 is 0. The van der Waals surface area contributed by atoms with Crippen molar-refractivity contribution in [2.45, 2.75) is 6.92 Å². The molecule has 6 heteroatoms. The van der Waals surface area contributed by atoms with E-state index in [4.69, 9.17) is 14.2 Å². The van der Waals surface area contributed by atoms with Gasteiger partial charge in [-0.05, 0) is 18.6 Å². The van der Waals surface area contributed by atoms with Gasteiger partial charge in [0.15, 0.2) is 11.5 Å². The highest BCUT2D eigenvalue weighted by molar-refractivity contribution is 6.00. The van der Waals surface area contributed by atoms with E-state index in [1.165, 1.54) is 21.3 Å². The van der Waals surface area contributed by atoms with Gasteiger partial charge in [-0.1, -0.05) is 18.2 Å². The van der Waals surface area contributed by atoms with Crippen LogP contribution in [0.5, 0.6) is 17.2 Å². The van der Waals surface area contributed by atoms with Gasteiger partial charge in [0.05, 0.1) is 27.0 Å². The Bertz CT molecular complexity index is 676. The number of hydrogen-bond acceptors (Lipinski definition) is 4. The Balaban J connectivity index is 2.19. The van der Waals surface area contributed by atoms with E-state index in [0.717, 1.165) is 11.3 Å². The largest absolute Gasteiger partial charge is 0.493 e. The number of hydrogen-bond donors (Lipinski definition) is 2. The molecular weight excluding hydrogens is 296 g/mol. The molecule has 0 saturated heterocycles. The zero-order valence-corrected chi connectivity index (χ0v) is 13.6. The lowest BCUT2D eigenvalue weighted by Crippen LogP contribution is -2.20. The summed E-state index contributed by atoms with van der Waals surface area (Å²) in [6.07, 6.45) is 0. The first-order valence-electron chi connectivity index (χ1n) is 7.02. The Morgan fingerprint density at radius 2 is 1.52 bits per heavy atom. The zero-order valence-electron chi connectivity index (χ0n) is 13.6. The summed E-state index contributed by atoms with van der Waals surface area (Å²) in [5, 5.41) is 5.55. The minimum Gasteiger partial charge on any atom is -0.493 e. The smallest absolute Gasteiger partial charge is 0.323 e. The molecule has 0 atom stereocenters. The molecule has 6 nitrogen and oxygen atoms in total. The summed E-state index contributed by atoms with van der Waals surface area (Å²) in [5.74, 6) is 1.41. The van der Waals surface area contributed by atoms with Crippen LogP contribution in [-0.4, -0.2) is 27.4 Å². The number of ether oxygens (including phenoxy) is 3. The van der Waals surface area contributed by atoms with Gasteiger partial charge in [-0.2, -0.15) is 0 Å². The van der Waals surface area contributed by atoms with Gasteiger partial charge < -0.3 is 24.8 Å². The molecule has 0 saturated carbocycles. The number of methoxy groups -OCH3 is 3. The first-order valence-corrected chi connectivity index (χ1v) is 7.02. The highest BCUT2D eigenvalue weighted by Crippen LogP contribution is 2.39. The van der Waals surface area contributed by atoms with E-state index < -0.39 is 0 Å². The van der Waals surface area contributed by atoms with Gasteiger partial charge in [-0.25, -0.2) is 4.79 Å². The van der Waals surface area contributed by atoms with Gasteiger partial charge in [0.1, 0.15) is 0 Å². The molecule has 23 heavy (non-hydrogen) atoms. The monoisotopic (exact) mass is 316 g/mol. The quantitative estimate of drug-likeness (QED) is 0.883. The minimum absolute atomic E-state index is 0.353. The Morgan fingerprint density at radius 1 is 0.913 bits per heavy atom. The van der Waals surface area contributed by atoms with Gasteiger partial charge in [-0.3, -0.25) is 0 Å². The molecule has 0 fully saturated rings. The van der Waals surface area contributed by atoms with E-state index in [1.807, 2.05) is 31.2 Å². The fraction of sp³-hybridized carbons (Fsp3) is 0.235. The van der Waals surface area contributed by atoms with Gasteiger partial charge in [0, 0.05) is 17.8 Å². The highest BCUT2D eigenvalue weighted by atomic mass is 16.5. The second kappa shape index (κ2) is 7.40. The van der Waals surface area contributed by atoms with Crippen LogP contribution < -0.4 is 24.8 Å². The molecule has 2 N–H and O–H groups in total. The molecule has 2 rings (SSSR count). The summed E-state index contributed by atoms with van der Waals surface area (Å²) in [4.78, 5) is 12.2. The Hall–Kier alpha value is -2.89. The third-order valence-electron chi connectivity index (χ3n) is 3.32. The average Bonchev–Trinajstić information content (AvgIpc) is 2.55. The molecular formula is C17H20N2O4. The molecule has 2 amide bonds. The van der Waals surface area contributed by atoms with Crippen LogP contribution in [0.4, 0.5) is 16.2 Å². The zero-order chi connectivity index (χ0) is 16.8. The molecule has 0 bridgehead atoms. The molecule has 0 radical (unpaired) electrons. The van der Waals surface area contributed by atoms with Crippen molar-refractivity contribution in [2.75, 3.05) is 32.0 Å². The molecule has 0 aliphatic rings. The average molecular weight is 316 g/mol. The first kappa shape index (κ1) is 16.5. The predicted octanol–water partition coefficient (Wildman–Crippen LogP) is 3.66. The third kappa shape index (κ3) is 3.85. The van der Waals surface area contributed by atoms with Crippen molar-refractivity contribution in [1.29, 1.82) is 0 Å². The van der Waals surface area contributed by atoms with Crippen molar-refractivity contribution in [1.82, 2.24) is 0 Å². The molecule has 0 unspecified atom stereocenters. The van der Waals surface area contributed by atoms with E-state index >= 15 is 0 Å².